The Morgan fingerprint density at radius 3 is 2.29 bits per heavy atom. The highest BCUT2D eigenvalue weighted by Gasteiger charge is 2.28. The predicted molar refractivity (Wildman–Crippen MR) is 126 cm³/mol. The van der Waals surface area contributed by atoms with Crippen LogP contribution in [0.5, 0.6) is 17.2 Å². The third kappa shape index (κ3) is 6.61. The van der Waals surface area contributed by atoms with Gasteiger partial charge in [0.2, 0.25) is 10.0 Å². The Morgan fingerprint density at radius 1 is 1.00 bits per heavy atom. The van der Waals surface area contributed by atoms with Gasteiger partial charge in [0.25, 0.3) is 11.8 Å². The van der Waals surface area contributed by atoms with Gasteiger partial charge in [-0.3, -0.25) is 9.59 Å². The molecule has 0 unspecified atom stereocenters. The van der Waals surface area contributed by atoms with Crippen LogP contribution in [0.4, 0.5) is 5.69 Å². The second-order valence-corrected chi connectivity index (χ2v) is 9.80. The van der Waals surface area contributed by atoms with Crippen LogP contribution in [0.15, 0.2) is 41.3 Å². The van der Waals surface area contributed by atoms with Crippen LogP contribution in [-0.4, -0.2) is 53.1 Å². The Labute approximate surface area is 199 Å². The third-order valence-electron chi connectivity index (χ3n) is 4.86. The van der Waals surface area contributed by atoms with Crippen LogP contribution >= 0.6 is 0 Å². The van der Waals surface area contributed by atoms with Gasteiger partial charge < -0.3 is 24.8 Å². The van der Waals surface area contributed by atoms with Crippen molar-refractivity contribution in [1.82, 2.24) is 10.0 Å². The summed E-state index contributed by atoms with van der Waals surface area (Å²) >= 11 is 0. The van der Waals surface area contributed by atoms with E-state index in [0.29, 0.717) is 11.5 Å². The van der Waals surface area contributed by atoms with Crippen molar-refractivity contribution in [2.24, 2.45) is 0 Å². The molecule has 34 heavy (non-hydrogen) atoms. The molecule has 10 nitrogen and oxygen atoms in total. The smallest absolute Gasteiger partial charge is 0.258 e. The Morgan fingerprint density at radius 2 is 1.68 bits per heavy atom. The van der Waals surface area contributed by atoms with E-state index in [2.05, 4.69) is 15.4 Å². The topological polar surface area (TPSA) is 132 Å². The first kappa shape index (κ1) is 25.3. The highest BCUT2D eigenvalue weighted by molar-refractivity contribution is 7.89. The first-order valence-corrected chi connectivity index (χ1v) is 12.2. The van der Waals surface area contributed by atoms with E-state index in [0.717, 1.165) is 12.8 Å². The Kier molecular flexibility index (Phi) is 8.00. The van der Waals surface area contributed by atoms with Gasteiger partial charge in [-0.25, -0.2) is 13.1 Å². The van der Waals surface area contributed by atoms with Gasteiger partial charge in [-0.2, -0.15) is 0 Å². The molecule has 0 aromatic heterocycles. The predicted octanol–water partition coefficient (Wildman–Crippen LogP) is 2.30. The van der Waals surface area contributed by atoms with Crippen LogP contribution in [0.1, 0.15) is 37.0 Å². The zero-order chi connectivity index (χ0) is 24.9. The normalized spacial score (nSPS) is 13.3. The van der Waals surface area contributed by atoms with Crippen molar-refractivity contribution >= 4 is 27.5 Å². The standard InChI is InChI=1S/C23H29N3O7S/c1-14(2)24-22(27)13-33-20-9-5-15(11-21(20)32-4)23(28)25-18-12-17(8-10-19(18)31-3)34(29,30)26-16-6-7-16/h5,8-12,14,16,26H,6-7,13H2,1-4H3,(H,24,27)(H,25,28). The lowest BCUT2D eigenvalue weighted by Gasteiger charge is -2.15. The van der Waals surface area contributed by atoms with Gasteiger partial charge in [-0.05, 0) is 63.1 Å². The minimum absolute atomic E-state index is 0.0148. The molecule has 0 saturated heterocycles. The fourth-order valence-electron chi connectivity index (χ4n) is 3.07. The number of nitrogens with one attached hydrogen (secondary N) is 3. The fraction of sp³-hybridized carbons (Fsp3) is 0.391. The molecule has 0 bridgehead atoms. The SMILES string of the molecule is COc1ccc(S(=O)(=O)NC2CC2)cc1NC(=O)c1ccc(OCC(=O)NC(C)C)c(OC)c1. The Balaban J connectivity index is 1.76. The van der Waals surface area contributed by atoms with Crippen LogP contribution in [0, 0.1) is 0 Å². The molecule has 2 aromatic rings. The molecule has 3 rings (SSSR count). The number of ether oxygens (including phenoxy) is 3. The van der Waals surface area contributed by atoms with Crippen molar-refractivity contribution in [2.75, 3.05) is 26.1 Å². The number of hydrogen-bond acceptors (Lipinski definition) is 7. The number of sulfonamides is 1. The van der Waals surface area contributed by atoms with Gasteiger partial charge in [-0.1, -0.05) is 0 Å². The van der Waals surface area contributed by atoms with E-state index in [9.17, 15) is 18.0 Å². The molecule has 0 radical (unpaired) electrons. The van der Waals surface area contributed by atoms with E-state index in [1.807, 2.05) is 13.8 Å². The van der Waals surface area contributed by atoms with Gasteiger partial charge in [0.1, 0.15) is 5.75 Å². The molecule has 0 heterocycles. The number of methoxy groups -OCH3 is 2. The van der Waals surface area contributed by atoms with Crippen molar-refractivity contribution in [1.29, 1.82) is 0 Å². The summed E-state index contributed by atoms with van der Waals surface area (Å²) in [6.07, 6.45) is 1.62. The zero-order valence-electron chi connectivity index (χ0n) is 19.5. The molecule has 0 aliphatic heterocycles. The average Bonchev–Trinajstić information content (AvgIpc) is 3.60. The maximum atomic E-state index is 12.9. The molecule has 2 aromatic carbocycles. The molecule has 11 heteroatoms. The summed E-state index contributed by atoms with van der Waals surface area (Å²) in [5, 5.41) is 5.40. The van der Waals surface area contributed by atoms with Crippen LogP contribution in [0.3, 0.4) is 0 Å². The first-order valence-electron chi connectivity index (χ1n) is 10.7. The monoisotopic (exact) mass is 491 g/mol. The number of hydrogen-bond donors (Lipinski definition) is 3. The molecule has 3 N–H and O–H groups in total. The summed E-state index contributed by atoms with van der Waals surface area (Å²) < 4.78 is 43.8. The van der Waals surface area contributed by atoms with Crippen molar-refractivity contribution in [3.05, 3.63) is 42.0 Å². The quantitative estimate of drug-likeness (QED) is 0.439. The molecular formula is C23H29N3O7S. The maximum absolute atomic E-state index is 12.9. The summed E-state index contributed by atoms with van der Waals surface area (Å²) in [5.74, 6) is 0.0842. The molecule has 1 saturated carbocycles. The molecule has 0 atom stereocenters. The number of anilines is 1. The van der Waals surface area contributed by atoms with Crippen molar-refractivity contribution < 1.29 is 32.2 Å². The van der Waals surface area contributed by atoms with Crippen molar-refractivity contribution in [3.63, 3.8) is 0 Å². The van der Waals surface area contributed by atoms with Gasteiger partial charge >= 0.3 is 0 Å². The summed E-state index contributed by atoms with van der Waals surface area (Å²) in [7, 11) is -0.867. The van der Waals surface area contributed by atoms with Crippen LogP contribution < -0.4 is 29.6 Å². The number of carbonyl (C=O) groups is 2. The molecule has 1 fully saturated rings. The highest BCUT2D eigenvalue weighted by Crippen LogP contribution is 2.31. The molecule has 1 aliphatic rings. The van der Waals surface area contributed by atoms with Gasteiger partial charge in [0.15, 0.2) is 18.1 Å². The van der Waals surface area contributed by atoms with Crippen LogP contribution in [-0.2, 0) is 14.8 Å². The van der Waals surface area contributed by atoms with Gasteiger partial charge in [0.05, 0.1) is 24.8 Å². The molecular weight excluding hydrogens is 462 g/mol. The highest BCUT2D eigenvalue weighted by atomic mass is 32.2. The first-order chi connectivity index (χ1) is 16.1. The van der Waals surface area contributed by atoms with E-state index in [1.165, 1.54) is 50.6 Å². The molecule has 2 amide bonds. The van der Waals surface area contributed by atoms with Gasteiger partial charge in [0, 0.05) is 17.6 Å². The Bertz CT molecular complexity index is 1160. The minimum Gasteiger partial charge on any atom is -0.495 e. The second kappa shape index (κ2) is 10.7. The van der Waals surface area contributed by atoms with E-state index in [4.69, 9.17) is 14.2 Å². The number of carbonyl (C=O) groups excluding carboxylic acids is 2. The average molecular weight is 492 g/mol. The lowest BCUT2D eigenvalue weighted by atomic mass is 10.1. The molecule has 184 valence electrons. The van der Waals surface area contributed by atoms with Crippen molar-refractivity contribution in [3.8, 4) is 17.2 Å². The fourth-order valence-corrected chi connectivity index (χ4v) is 4.40. The largest absolute Gasteiger partial charge is 0.495 e. The number of benzene rings is 2. The second-order valence-electron chi connectivity index (χ2n) is 8.09. The number of amides is 2. The minimum atomic E-state index is -3.71. The lowest BCUT2D eigenvalue weighted by Crippen LogP contribution is -2.34. The molecule has 0 spiro atoms. The van der Waals surface area contributed by atoms with E-state index < -0.39 is 15.9 Å². The summed E-state index contributed by atoms with van der Waals surface area (Å²) in [5.41, 5.74) is 0.443. The maximum Gasteiger partial charge on any atom is 0.258 e. The van der Waals surface area contributed by atoms with E-state index in [-0.39, 0.29) is 46.5 Å². The summed E-state index contributed by atoms with van der Waals surface area (Å²) in [6.45, 7) is 3.48. The zero-order valence-corrected chi connectivity index (χ0v) is 20.3. The summed E-state index contributed by atoms with van der Waals surface area (Å²) in [6, 6.07) is 8.69. The van der Waals surface area contributed by atoms with Crippen LogP contribution in [0.2, 0.25) is 0 Å². The van der Waals surface area contributed by atoms with Gasteiger partial charge in [-0.15, -0.1) is 0 Å². The number of rotatable bonds is 11. The van der Waals surface area contributed by atoms with Crippen molar-refractivity contribution in [2.45, 2.75) is 43.7 Å². The Hall–Kier alpha value is -3.31. The third-order valence-corrected chi connectivity index (χ3v) is 6.38. The van der Waals surface area contributed by atoms with Crippen LogP contribution in [0.25, 0.3) is 0 Å². The summed E-state index contributed by atoms with van der Waals surface area (Å²) in [4.78, 5) is 24.8. The lowest BCUT2D eigenvalue weighted by molar-refractivity contribution is -0.123. The molecule has 1 aliphatic carbocycles. The van der Waals surface area contributed by atoms with E-state index >= 15 is 0 Å². The van der Waals surface area contributed by atoms with E-state index in [1.54, 1.807) is 0 Å².